The van der Waals surface area contributed by atoms with E-state index in [2.05, 4.69) is 56.0 Å². The Labute approximate surface area is 227 Å². The average molecular weight is 542 g/mol. The Morgan fingerprint density at radius 2 is 1.55 bits per heavy atom. The van der Waals surface area contributed by atoms with Crippen LogP contribution in [0, 0.1) is 0 Å². The van der Waals surface area contributed by atoms with Gasteiger partial charge in [0.1, 0.15) is 0 Å². The SMILES string of the molecule is CC(C)(C)[Si](C)(C)O[C@H](CCC[C@@H](C[C@@H](N=[N+]=[N-])[C@H](O)C(=O)O)OCc1ccccc1)Cc1ccccc1. The molecule has 0 spiro atoms. The number of rotatable bonds is 16. The lowest BCUT2D eigenvalue weighted by Gasteiger charge is -2.39. The molecule has 4 atom stereocenters. The van der Waals surface area contributed by atoms with E-state index in [-0.39, 0.29) is 17.6 Å². The van der Waals surface area contributed by atoms with Gasteiger partial charge in [0.2, 0.25) is 0 Å². The molecule has 0 bridgehead atoms. The predicted molar refractivity (Wildman–Crippen MR) is 152 cm³/mol. The van der Waals surface area contributed by atoms with Gasteiger partial charge < -0.3 is 19.4 Å². The van der Waals surface area contributed by atoms with Crippen LogP contribution >= 0.6 is 0 Å². The Morgan fingerprint density at radius 3 is 2.08 bits per heavy atom. The first kappa shape index (κ1) is 31.5. The van der Waals surface area contributed by atoms with Crippen LogP contribution in [0.5, 0.6) is 0 Å². The van der Waals surface area contributed by atoms with Gasteiger partial charge in [-0.05, 0) is 66.9 Å². The zero-order chi connectivity index (χ0) is 28.2. The molecule has 0 aliphatic heterocycles. The molecule has 0 fully saturated rings. The van der Waals surface area contributed by atoms with Gasteiger partial charge in [0.05, 0.1) is 18.8 Å². The normalized spacial score (nSPS) is 15.2. The second kappa shape index (κ2) is 15.0. The molecular weight excluding hydrogens is 498 g/mol. The van der Waals surface area contributed by atoms with Gasteiger partial charge in [-0.25, -0.2) is 4.79 Å². The van der Waals surface area contributed by atoms with Crippen LogP contribution in [0.4, 0.5) is 0 Å². The number of carbonyl (C=O) groups is 1. The monoisotopic (exact) mass is 541 g/mol. The van der Waals surface area contributed by atoms with Gasteiger partial charge in [-0.1, -0.05) is 86.5 Å². The number of benzene rings is 2. The molecule has 0 heterocycles. The summed E-state index contributed by atoms with van der Waals surface area (Å²) in [6.45, 7) is 11.6. The Kier molecular flexibility index (Phi) is 12.5. The topological polar surface area (TPSA) is 125 Å². The van der Waals surface area contributed by atoms with Crippen molar-refractivity contribution in [3.05, 3.63) is 82.2 Å². The minimum atomic E-state index is -2.01. The van der Waals surface area contributed by atoms with Crippen molar-refractivity contribution in [3.8, 4) is 0 Å². The first-order chi connectivity index (χ1) is 17.9. The number of carboxylic acids is 1. The van der Waals surface area contributed by atoms with Crippen molar-refractivity contribution in [2.24, 2.45) is 5.11 Å². The van der Waals surface area contributed by atoms with Crippen molar-refractivity contribution in [2.45, 2.75) is 102 Å². The number of aliphatic hydroxyl groups excluding tert-OH is 1. The van der Waals surface area contributed by atoms with Crippen molar-refractivity contribution in [1.82, 2.24) is 0 Å². The third-order valence-electron chi connectivity index (χ3n) is 7.28. The van der Waals surface area contributed by atoms with E-state index in [0.717, 1.165) is 24.8 Å². The molecule has 38 heavy (non-hydrogen) atoms. The zero-order valence-electron chi connectivity index (χ0n) is 23.3. The molecule has 208 valence electrons. The van der Waals surface area contributed by atoms with Gasteiger partial charge in [-0.15, -0.1) is 0 Å². The molecule has 0 amide bonds. The predicted octanol–water partition coefficient (Wildman–Crippen LogP) is 6.89. The molecule has 0 saturated heterocycles. The minimum Gasteiger partial charge on any atom is -0.479 e. The van der Waals surface area contributed by atoms with Crippen LogP contribution in [-0.2, 0) is 27.0 Å². The highest BCUT2D eigenvalue weighted by Crippen LogP contribution is 2.38. The summed E-state index contributed by atoms with van der Waals surface area (Å²) in [6.07, 6.45) is 0.955. The van der Waals surface area contributed by atoms with E-state index in [1.807, 2.05) is 48.5 Å². The lowest BCUT2D eigenvalue weighted by molar-refractivity contribution is -0.148. The minimum absolute atomic E-state index is 0.0330. The Morgan fingerprint density at radius 1 is 1.00 bits per heavy atom. The summed E-state index contributed by atoms with van der Waals surface area (Å²) in [5, 5.41) is 23.0. The number of aliphatic carboxylic acids is 1. The quantitative estimate of drug-likeness (QED) is 0.104. The molecule has 0 radical (unpaired) electrons. The Hall–Kier alpha value is -2.68. The van der Waals surface area contributed by atoms with Crippen LogP contribution in [0.15, 0.2) is 65.8 Å². The molecule has 9 heteroatoms. The molecule has 0 saturated carbocycles. The summed E-state index contributed by atoms with van der Waals surface area (Å²) < 4.78 is 13.0. The van der Waals surface area contributed by atoms with Crippen molar-refractivity contribution >= 4 is 14.3 Å². The van der Waals surface area contributed by atoms with Gasteiger partial charge >= 0.3 is 5.97 Å². The van der Waals surface area contributed by atoms with Crippen molar-refractivity contribution in [3.63, 3.8) is 0 Å². The lowest BCUT2D eigenvalue weighted by atomic mass is 9.98. The largest absolute Gasteiger partial charge is 0.479 e. The zero-order valence-corrected chi connectivity index (χ0v) is 24.3. The van der Waals surface area contributed by atoms with E-state index < -0.39 is 32.5 Å². The standard InChI is InChI=1S/C29H43N3O5Si/c1-29(2,3)38(4,5)37-25(19-22-13-8-6-9-14-22)18-12-17-24(36-21-23-15-10-7-11-16-23)20-26(31-32-30)27(33)28(34)35/h6-11,13-16,24-27,33H,12,17-21H2,1-5H3,(H,34,35)/t24-,25+,26+,27-/m0/s1. The van der Waals surface area contributed by atoms with Crippen molar-refractivity contribution < 1.29 is 24.2 Å². The number of aliphatic hydroxyl groups is 1. The molecule has 8 nitrogen and oxygen atoms in total. The fourth-order valence-electron chi connectivity index (χ4n) is 4.04. The molecule has 0 aliphatic rings. The number of nitrogens with zero attached hydrogens (tertiary/aromatic N) is 3. The molecule has 0 aromatic heterocycles. The highest BCUT2D eigenvalue weighted by Gasteiger charge is 2.39. The highest BCUT2D eigenvalue weighted by atomic mass is 28.4. The van der Waals surface area contributed by atoms with E-state index in [1.54, 1.807) is 0 Å². The van der Waals surface area contributed by atoms with E-state index in [4.69, 9.17) is 14.7 Å². The Balaban J connectivity index is 2.15. The average Bonchev–Trinajstić information content (AvgIpc) is 2.86. The highest BCUT2D eigenvalue weighted by molar-refractivity contribution is 6.74. The lowest BCUT2D eigenvalue weighted by Crippen LogP contribution is -2.44. The summed E-state index contributed by atoms with van der Waals surface area (Å²) in [5.74, 6) is -1.42. The number of ether oxygens (including phenoxy) is 1. The number of hydrogen-bond donors (Lipinski definition) is 2. The van der Waals surface area contributed by atoms with Gasteiger partial charge in [-0.2, -0.15) is 0 Å². The van der Waals surface area contributed by atoms with Gasteiger partial charge in [0.25, 0.3) is 0 Å². The third-order valence-corrected chi connectivity index (χ3v) is 11.8. The van der Waals surface area contributed by atoms with Gasteiger partial charge in [0.15, 0.2) is 14.4 Å². The third kappa shape index (κ3) is 10.6. The number of azide groups is 1. The van der Waals surface area contributed by atoms with Crippen LogP contribution in [0.2, 0.25) is 18.1 Å². The van der Waals surface area contributed by atoms with Crippen molar-refractivity contribution in [2.75, 3.05) is 0 Å². The van der Waals surface area contributed by atoms with E-state index in [1.165, 1.54) is 5.56 Å². The fraction of sp³-hybridized carbons (Fsp3) is 0.552. The molecule has 0 aliphatic carbocycles. The second-order valence-corrected chi connectivity index (χ2v) is 16.1. The number of hydrogen-bond acceptors (Lipinski definition) is 5. The van der Waals surface area contributed by atoms with Crippen LogP contribution in [-0.4, -0.2) is 48.9 Å². The van der Waals surface area contributed by atoms with Crippen LogP contribution in [0.1, 0.15) is 57.6 Å². The van der Waals surface area contributed by atoms with Crippen LogP contribution in [0.25, 0.3) is 10.4 Å². The summed E-state index contributed by atoms with van der Waals surface area (Å²) >= 11 is 0. The number of carboxylic acid groups (broad SMARTS) is 1. The molecule has 2 aromatic carbocycles. The van der Waals surface area contributed by atoms with Crippen LogP contribution < -0.4 is 0 Å². The van der Waals surface area contributed by atoms with Gasteiger partial charge in [0, 0.05) is 11.0 Å². The Bertz CT molecular complexity index is 1020. The van der Waals surface area contributed by atoms with Crippen LogP contribution in [0.3, 0.4) is 0 Å². The second-order valence-electron chi connectivity index (χ2n) is 11.3. The van der Waals surface area contributed by atoms with Crippen molar-refractivity contribution in [1.29, 1.82) is 0 Å². The van der Waals surface area contributed by atoms with E-state index in [0.29, 0.717) is 13.0 Å². The maximum atomic E-state index is 11.4. The fourth-order valence-corrected chi connectivity index (χ4v) is 5.43. The molecule has 0 unspecified atom stereocenters. The maximum Gasteiger partial charge on any atom is 0.332 e. The summed E-state index contributed by atoms with van der Waals surface area (Å²) in [4.78, 5) is 14.1. The summed E-state index contributed by atoms with van der Waals surface area (Å²) in [6, 6.07) is 18.9. The van der Waals surface area contributed by atoms with Gasteiger partial charge in [-0.3, -0.25) is 0 Å². The molecule has 2 rings (SSSR count). The molecule has 2 aromatic rings. The van der Waals surface area contributed by atoms with E-state index >= 15 is 0 Å². The summed E-state index contributed by atoms with van der Waals surface area (Å²) in [5.41, 5.74) is 11.2. The summed E-state index contributed by atoms with van der Waals surface area (Å²) in [7, 11) is -2.01. The molecule has 2 N–H and O–H groups in total. The first-order valence-corrected chi connectivity index (χ1v) is 16.2. The molecular formula is C29H43N3O5Si. The van der Waals surface area contributed by atoms with E-state index in [9.17, 15) is 15.0 Å². The first-order valence-electron chi connectivity index (χ1n) is 13.3. The maximum absolute atomic E-state index is 11.4. The smallest absolute Gasteiger partial charge is 0.332 e.